The van der Waals surface area contributed by atoms with Crippen molar-refractivity contribution >= 4 is 11.8 Å². The van der Waals surface area contributed by atoms with Crippen LogP contribution in [0.25, 0.3) is 0 Å². The van der Waals surface area contributed by atoms with Crippen LogP contribution in [0.2, 0.25) is 0 Å². The molecule has 0 aromatic rings. The summed E-state index contributed by atoms with van der Waals surface area (Å²) in [6.07, 6.45) is 10.7. The third-order valence-electron chi connectivity index (χ3n) is 9.09. The predicted molar refractivity (Wildman–Crippen MR) is 103 cm³/mol. The van der Waals surface area contributed by atoms with E-state index in [2.05, 4.69) is 6.92 Å². The van der Waals surface area contributed by atoms with Crippen LogP contribution >= 0.6 is 0 Å². The lowest BCUT2D eigenvalue weighted by Gasteiger charge is -2.58. The zero-order valence-corrected chi connectivity index (χ0v) is 17.0. The highest BCUT2D eigenvalue weighted by atomic mass is 16.5. The molecule has 4 aliphatic rings. The van der Waals surface area contributed by atoms with Gasteiger partial charge in [-0.3, -0.25) is 9.59 Å². The molecule has 0 spiro atoms. The first-order chi connectivity index (χ1) is 12.9. The number of aliphatic hydroxyl groups is 1. The van der Waals surface area contributed by atoms with Crippen molar-refractivity contribution in [1.82, 2.24) is 0 Å². The summed E-state index contributed by atoms with van der Waals surface area (Å²) in [6.45, 7) is 2.43. The lowest BCUT2D eigenvalue weighted by atomic mass is 9.46. The molecule has 0 bridgehead atoms. The monoisotopic (exact) mass is 376 g/mol. The van der Waals surface area contributed by atoms with Gasteiger partial charge in [0.1, 0.15) is 5.78 Å². The number of carbonyl (C=O) groups excluding carboxylic acids is 2. The van der Waals surface area contributed by atoms with Gasteiger partial charge in [0.25, 0.3) is 0 Å². The molecule has 8 unspecified atom stereocenters. The molecule has 1 N–H and O–H groups in total. The van der Waals surface area contributed by atoms with E-state index in [-0.39, 0.29) is 23.4 Å². The molecule has 0 aliphatic heterocycles. The standard InChI is InChI=1S/C23H36O4/c1-23-11-10-16(24)12-15(23)13-20(25)22-18-7-6-14(4-3-5-21(26)27-2)17(18)8-9-19(22)23/h14-19,22,24H,3-13H2,1-2H3. The van der Waals surface area contributed by atoms with Crippen molar-refractivity contribution in [3.63, 3.8) is 0 Å². The zero-order valence-electron chi connectivity index (χ0n) is 17.0. The second-order valence-electron chi connectivity index (χ2n) is 10.1. The summed E-state index contributed by atoms with van der Waals surface area (Å²) < 4.78 is 4.77. The maximum absolute atomic E-state index is 13.2. The molecule has 4 nitrogen and oxygen atoms in total. The Morgan fingerprint density at radius 3 is 2.74 bits per heavy atom. The predicted octanol–water partition coefficient (Wildman–Crippen LogP) is 4.14. The highest BCUT2D eigenvalue weighted by Crippen LogP contribution is 2.63. The molecule has 0 radical (unpaired) electrons. The van der Waals surface area contributed by atoms with Gasteiger partial charge in [0.05, 0.1) is 13.2 Å². The van der Waals surface area contributed by atoms with Crippen molar-refractivity contribution in [2.75, 3.05) is 7.11 Å². The van der Waals surface area contributed by atoms with Gasteiger partial charge in [-0.2, -0.15) is 0 Å². The van der Waals surface area contributed by atoms with Crippen LogP contribution in [-0.2, 0) is 14.3 Å². The topological polar surface area (TPSA) is 63.6 Å². The van der Waals surface area contributed by atoms with Gasteiger partial charge in [-0.25, -0.2) is 0 Å². The van der Waals surface area contributed by atoms with Gasteiger partial charge in [0.15, 0.2) is 0 Å². The Bertz CT molecular complexity index is 587. The summed E-state index contributed by atoms with van der Waals surface area (Å²) in [6, 6.07) is 0. The van der Waals surface area contributed by atoms with Crippen LogP contribution < -0.4 is 0 Å². The Labute approximate surface area is 163 Å². The van der Waals surface area contributed by atoms with Crippen LogP contribution in [-0.4, -0.2) is 30.1 Å². The van der Waals surface area contributed by atoms with Crippen LogP contribution in [0.4, 0.5) is 0 Å². The average Bonchev–Trinajstić information content (AvgIpc) is 3.06. The lowest BCUT2D eigenvalue weighted by molar-refractivity contribution is -0.153. The number of methoxy groups -OCH3 is 1. The molecule has 152 valence electrons. The Balaban J connectivity index is 1.45. The van der Waals surface area contributed by atoms with E-state index in [1.54, 1.807) is 0 Å². The minimum absolute atomic E-state index is 0.103. The molecule has 27 heavy (non-hydrogen) atoms. The largest absolute Gasteiger partial charge is 0.469 e. The van der Waals surface area contributed by atoms with Gasteiger partial charge < -0.3 is 9.84 Å². The lowest BCUT2D eigenvalue weighted by Crippen LogP contribution is -2.55. The fourth-order valence-electron chi connectivity index (χ4n) is 7.68. The number of Topliss-reactive ketones (excluding diaryl/α,β-unsaturated/α-hetero) is 1. The minimum Gasteiger partial charge on any atom is -0.469 e. The molecule has 4 rings (SSSR count). The molecule has 0 aromatic heterocycles. The average molecular weight is 377 g/mol. The SMILES string of the molecule is COC(=O)CCCC1CCC2C1CCC1C2C(=O)CC2CC(O)CCC21C. The molecule has 8 atom stereocenters. The van der Waals surface area contributed by atoms with Crippen LogP contribution in [0, 0.1) is 40.9 Å². The first-order valence-corrected chi connectivity index (χ1v) is 11.2. The number of fused-ring (bicyclic) bond motifs is 5. The van der Waals surface area contributed by atoms with Crippen molar-refractivity contribution in [2.24, 2.45) is 40.9 Å². The maximum atomic E-state index is 13.2. The van der Waals surface area contributed by atoms with E-state index >= 15 is 0 Å². The normalized spacial score (nSPS) is 46.3. The summed E-state index contributed by atoms with van der Waals surface area (Å²) in [4.78, 5) is 24.6. The van der Waals surface area contributed by atoms with E-state index in [4.69, 9.17) is 4.74 Å². The van der Waals surface area contributed by atoms with Gasteiger partial charge >= 0.3 is 5.97 Å². The zero-order chi connectivity index (χ0) is 19.2. The highest BCUT2D eigenvalue weighted by Gasteiger charge is 2.59. The number of carbonyl (C=O) groups is 2. The van der Waals surface area contributed by atoms with E-state index in [9.17, 15) is 14.7 Å². The number of esters is 1. The number of hydrogen-bond acceptors (Lipinski definition) is 4. The Kier molecular flexibility index (Phi) is 5.39. The summed E-state index contributed by atoms with van der Waals surface area (Å²) in [5.41, 5.74) is 0.256. The maximum Gasteiger partial charge on any atom is 0.305 e. The van der Waals surface area contributed by atoms with E-state index < -0.39 is 0 Å². The summed E-state index contributed by atoms with van der Waals surface area (Å²) >= 11 is 0. The van der Waals surface area contributed by atoms with Crippen LogP contribution in [0.1, 0.15) is 77.6 Å². The van der Waals surface area contributed by atoms with Gasteiger partial charge in [0.2, 0.25) is 0 Å². The van der Waals surface area contributed by atoms with Crippen molar-refractivity contribution in [1.29, 1.82) is 0 Å². The smallest absolute Gasteiger partial charge is 0.305 e. The molecule has 0 heterocycles. The van der Waals surface area contributed by atoms with Gasteiger partial charge in [-0.05, 0) is 92.8 Å². The summed E-state index contributed by atoms with van der Waals surface area (Å²) in [7, 11) is 1.46. The quantitative estimate of drug-likeness (QED) is 0.749. The third-order valence-corrected chi connectivity index (χ3v) is 9.09. The second-order valence-corrected chi connectivity index (χ2v) is 10.1. The first kappa shape index (κ1) is 19.4. The molecule has 4 saturated carbocycles. The molecule has 0 aromatic carbocycles. The fraction of sp³-hybridized carbons (Fsp3) is 0.913. The number of hydrogen-bond donors (Lipinski definition) is 1. The third kappa shape index (κ3) is 3.36. The van der Waals surface area contributed by atoms with Crippen LogP contribution in [0.3, 0.4) is 0 Å². The van der Waals surface area contributed by atoms with E-state index in [1.807, 2.05) is 0 Å². The van der Waals surface area contributed by atoms with Crippen LogP contribution in [0.5, 0.6) is 0 Å². The van der Waals surface area contributed by atoms with Crippen molar-refractivity contribution in [3.8, 4) is 0 Å². The molecule has 4 aliphatic carbocycles. The fourth-order valence-corrected chi connectivity index (χ4v) is 7.68. The van der Waals surface area contributed by atoms with E-state index in [0.717, 1.165) is 32.1 Å². The molecule has 0 amide bonds. The Morgan fingerprint density at radius 1 is 1.19 bits per heavy atom. The van der Waals surface area contributed by atoms with Gasteiger partial charge in [-0.1, -0.05) is 6.92 Å². The molecular formula is C23H36O4. The number of ether oxygens (including phenoxy) is 1. The molecule has 0 saturated heterocycles. The van der Waals surface area contributed by atoms with E-state index in [0.29, 0.717) is 48.2 Å². The van der Waals surface area contributed by atoms with Crippen LogP contribution in [0.15, 0.2) is 0 Å². The molecule has 4 fully saturated rings. The van der Waals surface area contributed by atoms with Crippen molar-refractivity contribution < 1.29 is 19.4 Å². The molecular weight excluding hydrogens is 340 g/mol. The Hall–Kier alpha value is -0.900. The summed E-state index contributed by atoms with van der Waals surface area (Å²) in [5.74, 6) is 3.54. The minimum atomic E-state index is -0.200. The number of ketones is 1. The highest BCUT2D eigenvalue weighted by molar-refractivity contribution is 5.83. The van der Waals surface area contributed by atoms with Crippen molar-refractivity contribution in [2.45, 2.75) is 83.7 Å². The second kappa shape index (κ2) is 7.50. The van der Waals surface area contributed by atoms with E-state index in [1.165, 1.54) is 32.8 Å². The Morgan fingerprint density at radius 2 is 1.96 bits per heavy atom. The van der Waals surface area contributed by atoms with Gasteiger partial charge in [0, 0.05) is 18.8 Å². The first-order valence-electron chi connectivity index (χ1n) is 11.2. The van der Waals surface area contributed by atoms with Gasteiger partial charge in [-0.15, -0.1) is 0 Å². The number of rotatable bonds is 4. The summed E-state index contributed by atoms with van der Waals surface area (Å²) in [5, 5.41) is 10.1. The number of aliphatic hydroxyl groups excluding tert-OH is 1. The molecule has 4 heteroatoms. The van der Waals surface area contributed by atoms with Crippen molar-refractivity contribution in [3.05, 3.63) is 0 Å².